The number of carbonyl (C=O) groups is 1. The van der Waals surface area contributed by atoms with Crippen molar-refractivity contribution in [3.63, 3.8) is 0 Å². The molecule has 0 unspecified atom stereocenters. The van der Waals surface area contributed by atoms with Gasteiger partial charge in [-0.2, -0.15) is 5.10 Å². The first-order chi connectivity index (χ1) is 12.6. The van der Waals surface area contributed by atoms with Crippen molar-refractivity contribution in [2.75, 3.05) is 37.4 Å². The summed E-state index contributed by atoms with van der Waals surface area (Å²) < 4.78 is 1.49. The molecule has 0 spiro atoms. The van der Waals surface area contributed by atoms with Gasteiger partial charge < -0.3 is 15.5 Å². The van der Waals surface area contributed by atoms with Crippen LogP contribution in [0.3, 0.4) is 0 Å². The number of nitrogens with one attached hydrogen (secondary N) is 2. The fraction of sp³-hybridized carbons (Fsp3) is 0.250. The van der Waals surface area contributed by atoms with Crippen LogP contribution >= 0.6 is 0 Å². The van der Waals surface area contributed by atoms with Gasteiger partial charge in [0.15, 0.2) is 5.82 Å². The van der Waals surface area contributed by atoms with E-state index in [-0.39, 0.29) is 5.91 Å². The number of carbonyl (C=O) groups excluding carboxylic acids is 1. The molecule has 0 bridgehead atoms. The monoisotopic (exact) mass is 353 g/mol. The molecule has 0 aliphatic carbocycles. The van der Waals surface area contributed by atoms with Gasteiger partial charge in [-0.3, -0.25) is 4.79 Å². The van der Waals surface area contributed by atoms with Crippen molar-refractivity contribution in [1.29, 1.82) is 0 Å². The predicted octanol–water partition coefficient (Wildman–Crippen LogP) is 0.360. The summed E-state index contributed by atoms with van der Waals surface area (Å²) in [5.41, 5.74) is 2.20. The lowest BCUT2D eigenvalue weighted by Crippen LogP contribution is -2.29. The summed E-state index contributed by atoms with van der Waals surface area (Å²) in [6.45, 7) is 0.978. The van der Waals surface area contributed by atoms with Crippen LogP contribution < -0.4 is 15.5 Å². The van der Waals surface area contributed by atoms with E-state index in [1.54, 1.807) is 24.4 Å². The molecule has 1 aromatic carbocycles. The zero-order valence-corrected chi connectivity index (χ0v) is 14.5. The summed E-state index contributed by atoms with van der Waals surface area (Å²) in [6, 6.07) is 8.97. The minimum absolute atomic E-state index is 0.171. The molecule has 2 N–H and O–H groups in total. The maximum atomic E-state index is 12.3. The standard InChI is InChI=1S/C16H19N9O/c1-24(2)14-9-15(21-19-10-14)17-6-7-18-16(26)12-4-3-5-13(8-12)25-11-20-22-23-25/h3-5,8-11H,6-7H2,1-2H3,(H,17,21)(H,18,26). The Bertz CT molecular complexity index is 864. The van der Waals surface area contributed by atoms with Gasteiger partial charge in [0.2, 0.25) is 0 Å². The second kappa shape index (κ2) is 8.01. The van der Waals surface area contributed by atoms with Crippen LogP contribution in [0.25, 0.3) is 5.69 Å². The number of aromatic nitrogens is 6. The number of hydrogen-bond acceptors (Lipinski definition) is 8. The minimum atomic E-state index is -0.171. The highest BCUT2D eigenvalue weighted by atomic mass is 16.1. The van der Waals surface area contributed by atoms with E-state index in [2.05, 4.69) is 36.4 Å². The van der Waals surface area contributed by atoms with E-state index >= 15 is 0 Å². The molecule has 26 heavy (non-hydrogen) atoms. The van der Waals surface area contributed by atoms with Crippen LogP contribution in [0.4, 0.5) is 11.5 Å². The fourth-order valence-corrected chi connectivity index (χ4v) is 2.23. The summed E-state index contributed by atoms with van der Waals surface area (Å²) in [7, 11) is 3.87. The third kappa shape index (κ3) is 4.29. The van der Waals surface area contributed by atoms with E-state index in [0.29, 0.717) is 24.5 Å². The van der Waals surface area contributed by atoms with Crippen molar-refractivity contribution in [1.82, 2.24) is 35.7 Å². The van der Waals surface area contributed by atoms with E-state index in [1.165, 1.54) is 11.0 Å². The predicted molar refractivity (Wildman–Crippen MR) is 96.3 cm³/mol. The molecule has 0 saturated heterocycles. The lowest BCUT2D eigenvalue weighted by Gasteiger charge is -2.13. The molecule has 0 saturated carbocycles. The number of amides is 1. The van der Waals surface area contributed by atoms with E-state index in [9.17, 15) is 4.79 Å². The molecule has 10 heteroatoms. The van der Waals surface area contributed by atoms with Crippen molar-refractivity contribution in [2.45, 2.75) is 0 Å². The molecule has 0 atom stereocenters. The lowest BCUT2D eigenvalue weighted by atomic mass is 10.2. The van der Waals surface area contributed by atoms with Crippen molar-refractivity contribution in [3.05, 3.63) is 48.4 Å². The Balaban J connectivity index is 1.52. The number of nitrogens with zero attached hydrogens (tertiary/aromatic N) is 7. The molecule has 0 aliphatic heterocycles. The number of benzene rings is 1. The maximum Gasteiger partial charge on any atom is 0.251 e. The molecule has 134 valence electrons. The zero-order chi connectivity index (χ0) is 18.4. The molecule has 10 nitrogen and oxygen atoms in total. The van der Waals surface area contributed by atoms with Crippen LogP contribution in [-0.2, 0) is 0 Å². The van der Waals surface area contributed by atoms with Crippen LogP contribution in [0.15, 0.2) is 42.9 Å². The Kier molecular flexibility index (Phi) is 5.32. The Hall–Kier alpha value is -3.56. The highest BCUT2D eigenvalue weighted by Crippen LogP contribution is 2.12. The highest BCUT2D eigenvalue weighted by Gasteiger charge is 2.07. The van der Waals surface area contributed by atoms with E-state index in [4.69, 9.17) is 0 Å². The van der Waals surface area contributed by atoms with Gasteiger partial charge in [0.25, 0.3) is 5.91 Å². The third-order valence-electron chi connectivity index (χ3n) is 3.60. The number of tetrazole rings is 1. The van der Waals surface area contributed by atoms with E-state index in [0.717, 1.165) is 11.4 Å². The summed E-state index contributed by atoms with van der Waals surface area (Å²) in [4.78, 5) is 14.2. The topological polar surface area (TPSA) is 114 Å². The fourth-order valence-electron chi connectivity index (χ4n) is 2.23. The average molecular weight is 353 g/mol. The third-order valence-corrected chi connectivity index (χ3v) is 3.60. The van der Waals surface area contributed by atoms with Crippen molar-refractivity contribution in [3.8, 4) is 5.69 Å². The van der Waals surface area contributed by atoms with E-state index in [1.807, 2.05) is 31.1 Å². The van der Waals surface area contributed by atoms with Gasteiger partial charge >= 0.3 is 0 Å². The SMILES string of the molecule is CN(C)c1cnnc(NCCNC(=O)c2cccc(-n3cnnn3)c2)c1. The molecule has 3 aromatic rings. The van der Waals surface area contributed by atoms with Crippen LogP contribution in [0.5, 0.6) is 0 Å². The highest BCUT2D eigenvalue weighted by molar-refractivity contribution is 5.94. The van der Waals surface area contributed by atoms with Crippen molar-refractivity contribution < 1.29 is 4.79 Å². The van der Waals surface area contributed by atoms with Gasteiger partial charge in [-0.1, -0.05) is 6.07 Å². The first kappa shape index (κ1) is 17.3. The molecule has 3 rings (SSSR count). The summed E-state index contributed by atoms with van der Waals surface area (Å²) in [6.07, 6.45) is 3.16. The Morgan fingerprint density at radius 3 is 2.85 bits per heavy atom. The van der Waals surface area contributed by atoms with Gasteiger partial charge in [0.05, 0.1) is 17.6 Å². The van der Waals surface area contributed by atoms with Crippen LogP contribution in [-0.4, -0.2) is 63.5 Å². The molecule has 1 amide bonds. The first-order valence-electron chi connectivity index (χ1n) is 7.99. The molecule has 0 aliphatic rings. The quantitative estimate of drug-likeness (QED) is 0.585. The second-order valence-electron chi connectivity index (χ2n) is 5.68. The molecule has 0 fully saturated rings. The van der Waals surface area contributed by atoms with Gasteiger partial charge in [0.1, 0.15) is 6.33 Å². The van der Waals surface area contributed by atoms with Gasteiger partial charge in [-0.25, -0.2) is 4.68 Å². The largest absolute Gasteiger partial charge is 0.376 e. The average Bonchev–Trinajstić information content (AvgIpc) is 3.20. The normalized spacial score (nSPS) is 10.4. The van der Waals surface area contributed by atoms with Crippen molar-refractivity contribution in [2.24, 2.45) is 0 Å². The number of anilines is 2. The van der Waals surface area contributed by atoms with Crippen LogP contribution in [0, 0.1) is 0 Å². The van der Waals surface area contributed by atoms with Gasteiger partial charge in [-0.05, 0) is 28.6 Å². The van der Waals surface area contributed by atoms with E-state index < -0.39 is 0 Å². The molecule has 0 radical (unpaired) electrons. The smallest absolute Gasteiger partial charge is 0.251 e. The Morgan fingerprint density at radius 1 is 1.19 bits per heavy atom. The van der Waals surface area contributed by atoms with Gasteiger partial charge in [0, 0.05) is 38.8 Å². The Labute approximate surface area is 150 Å². The second-order valence-corrected chi connectivity index (χ2v) is 5.68. The summed E-state index contributed by atoms with van der Waals surface area (Å²) in [5, 5.41) is 24.9. The van der Waals surface area contributed by atoms with Gasteiger partial charge in [-0.15, -0.1) is 10.2 Å². The first-order valence-corrected chi connectivity index (χ1v) is 7.99. The van der Waals surface area contributed by atoms with Crippen LogP contribution in [0.2, 0.25) is 0 Å². The zero-order valence-electron chi connectivity index (χ0n) is 14.5. The molecular formula is C16H19N9O. The lowest BCUT2D eigenvalue weighted by molar-refractivity contribution is 0.0955. The molecule has 2 aromatic heterocycles. The molecule has 2 heterocycles. The maximum absolute atomic E-state index is 12.3. The number of hydrogen-bond donors (Lipinski definition) is 2. The molecular weight excluding hydrogens is 334 g/mol. The van der Waals surface area contributed by atoms with Crippen molar-refractivity contribution >= 4 is 17.4 Å². The van der Waals surface area contributed by atoms with Crippen LogP contribution in [0.1, 0.15) is 10.4 Å². The summed E-state index contributed by atoms with van der Waals surface area (Å²) >= 11 is 0. The minimum Gasteiger partial charge on any atom is -0.376 e. The number of rotatable bonds is 7. The summed E-state index contributed by atoms with van der Waals surface area (Å²) in [5.74, 6) is 0.487. The Morgan fingerprint density at radius 2 is 2.08 bits per heavy atom.